The molecular weight excluding hydrogens is 275 g/mol. The molecule has 20 heavy (non-hydrogen) atoms. The van der Waals surface area contributed by atoms with Crippen LogP contribution in [0.5, 0.6) is 5.75 Å². The van der Waals surface area contributed by atoms with E-state index in [9.17, 15) is 9.50 Å². The zero-order chi connectivity index (χ0) is 14.4. The van der Waals surface area contributed by atoms with Crippen molar-refractivity contribution >= 4 is 11.8 Å². The lowest BCUT2D eigenvalue weighted by atomic mass is 10.1. The van der Waals surface area contributed by atoms with Crippen molar-refractivity contribution in [3.8, 4) is 5.75 Å². The summed E-state index contributed by atoms with van der Waals surface area (Å²) >= 11 is 1.55. The van der Waals surface area contributed by atoms with Crippen molar-refractivity contribution in [2.75, 3.05) is 12.9 Å². The second-order valence-electron chi connectivity index (χ2n) is 4.40. The predicted molar refractivity (Wildman–Crippen MR) is 80.5 cm³/mol. The normalized spacial score (nSPS) is 12.2. The number of aliphatic hydroxyl groups excluding tert-OH is 1. The van der Waals surface area contributed by atoms with E-state index in [0.29, 0.717) is 17.3 Å². The van der Waals surface area contributed by atoms with Gasteiger partial charge in [0, 0.05) is 17.1 Å². The topological polar surface area (TPSA) is 29.5 Å². The van der Waals surface area contributed by atoms with Crippen LogP contribution in [-0.4, -0.2) is 18.0 Å². The third-order valence-corrected chi connectivity index (χ3v) is 4.03. The number of methoxy groups -OCH3 is 1. The third-order valence-electron chi connectivity index (χ3n) is 2.96. The standard InChI is InChI=1S/C16H17FO2S/c1-19-16-8-7-14(17)9-13(16)10-20-11-15(18)12-5-3-2-4-6-12/h2-9,15,18H,10-11H2,1H3. The maximum absolute atomic E-state index is 13.2. The van der Waals surface area contributed by atoms with Crippen LogP contribution in [0.1, 0.15) is 17.2 Å². The Labute approximate surface area is 122 Å². The van der Waals surface area contributed by atoms with Gasteiger partial charge < -0.3 is 9.84 Å². The lowest BCUT2D eigenvalue weighted by Crippen LogP contribution is -2.01. The van der Waals surface area contributed by atoms with E-state index >= 15 is 0 Å². The maximum Gasteiger partial charge on any atom is 0.123 e. The van der Waals surface area contributed by atoms with Crippen molar-refractivity contribution in [1.82, 2.24) is 0 Å². The zero-order valence-electron chi connectivity index (χ0n) is 11.3. The van der Waals surface area contributed by atoms with Gasteiger partial charge in [0.2, 0.25) is 0 Å². The molecule has 0 aliphatic carbocycles. The van der Waals surface area contributed by atoms with Crippen LogP contribution in [0.25, 0.3) is 0 Å². The third kappa shape index (κ3) is 3.99. The molecule has 1 unspecified atom stereocenters. The number of halogens is 1. The van der Waals surface area contributed by atoms with Crippen molar-refractivity contribution in [2.45, 2.75) is 11.9 Å². The minimum absolute atomic E-state index is 0.273. The van der Waals surface area contributed by atoms with Crippen LogP contribution in [0.4, 0.5) is 4.39 Å². The van der Waals surface area contributed by atoms with Crippen LogP contribution < -0.4 is 4.74 Å². The molecular formula is C16H17FO2S. The van der Waals surface area contributed by atoms with Gasteiger partial charge in [0.15, 0.2) is 0 Å². The summed E-state index contributed by atoms with van der Waals surface area (Å²) in [5.41, 5.74) is 1.70. The molecule has 2 nitrogen and oxygen atoms in total. The predicted octanol–water partition coefficient (Wildman–Crippen LogP) is 3.80. The Balaban J connectivity index is 1.91. The average molecular weight is 292 g/mol. The van der Waals surface area contributed by atoms with Gasteiger partial charge in [0.05, 0.1) is 13.2 Å². The van der Waals surface area contributed by atoms with Crippen LogP contribution in [-0.2, 0) is 5.75 Å². The van der Waals surface area contributed by atoms with E-state index in [1.54, 1.807) is 24.9 Å². The molecule has 0 aliphatic rings. The van der Waals surface area contributed by atoms with E-state index in [1.807, 2.05) is 30.3 Å². The van der Waals surface area contributed by atoms with Gasteiger partial charge in [-0.15, -0.1) is 0 Å². The van der Waals surface area contributed by atoms with Gasteiger partial charge in [0.1, 0.15) is 11.6 Å². The number of rotatable bonds is 6. The first kappa shape index (κ1) is 14.9. The molecule has 0 amide bonds. The van der Waals surface area contributed by atoms with Gasteiger partial charge in [-0.3, -0.25) is 0 Å². The number of ether oxygens (including phenoxy) is 1. The van der Waals surface area contributed by atoms with Crippen molar-refractivity contribution < 1.29 is 14.2 Å². The number of thioether (sulfide) groups is 1. The van der Waals surface area contributed by atoms with Crippen LogP contribution in [0.15, 0.2) is 48.5 Å². The Morgan fingerprint density at radius 3 is 2.65 bits per heavy atom. The summed E-state index contributed by atoms with van der Waals surface area (Å²) in [5, 5.41) is 10.1. The van der Waals surface area contributed by atoms with Crippen LogP contribution in [0.2, 0.25) is 0 Å². The monoisotopic (exact) mass is 292 g/mol. The number of hydrogen-bond donors (Lipinski definition) is 1. The van der Waals surface area contributed by atoms with Gasteiger partial charge in [0.25, 0.3) is 0 Å². The molecule has 0 fully saturated rings. The fourth-order valence-corrected chi connectivity index (χ4v) is 2.89. The molecule has 2 aromatic rings. The van der Waals surface area contributed by atoms with Gasteiger partial charge >= 0.3 is 0 Å². The molecule has 0 radical (unpaired) electrons. The van der Waals surface area contributed by atoms with E-state index in [-0.39, 0.29) is 5.82 Å². The highest BCUT2D eigenvalue weighted by Crippen LogP contribution is 2.26. The molecule has 106 valence electrons. The molecule has 1 N–H and O–H groups in total. The second kappa shape index (κ2) is 7.31. The summed E-state index contributed by atoms with van der Waals surface area (Å²) in [6.45, 7) is 0. The van der Waals surface area contributed by atoms with Crippen molar-refractivity contribution in [2.24, 2.45) is 0 Å². The Bertz CT molecular complexity index is 545. The summed E-state index contributed by atoms with van der Waals surface area (Å²) < 4.78 is 18.4. The van der Waals surface area contributed by atoms with Crippen molar-refractivity contribution in [3.63, 3.8) is 0 Å². The van der Waals surface area contributed by atoms with Gasteiger partial charge in [-0.1, -0.05) is 30.3 Å². The fourth-order valence-electron chi connectivity index (χ4n) is 1.91. The van der Waals surface area contributed by atoms with Crippen LogP contribution in [0, 0.1) is 5.82 Å². The highest BCUT2D eigenvalue weighted by Gasteiger charge is 2.09. The van der Waals surface area contributed by atoms with Gasteiger partial charge in [-0.2, -0.15) is 11.8 Å². The molecule has 1 atom stereocenters. The van der Waals surface area contributed by atoms with Crippen molar-refractivity contribution in [3.05, 3.63) is 65.5 Å². The molecule has 0 saturated carbocycles. The molecule has 0 heterocycles. The largest absolute Gasteiger partial charge is 0.496 e. The maximum atomic E-state index is 13.2. The number of benzene rings is 2. The minimum atomic E-state index is -0.513. The van der Waals surface area contributed by atoms with E-state index in [2.05, 4.69) is 0 Å². The summed E-state index contributed by atoms with van der Waals surface area (Å²) in [7, 11) is 1.57. The first-order valence-electron chi connectivity index (χ1n) is 6.34. The smallest absolute Gasteiger partial charge is 0.123 e. The number of hydrogen-bond acceptors (Lipinski definition) is 3. The summed E-state index contributed by atoms with van der Waals surface area (Å²) in [5.74, 6) is 1.56. The minimum Gasteiger partial charge on any atom is -0.496 e. The average Bonchev–Trinajstić information content (AvgIpc) is 2.48. The lowest BCUT2D eigenvalue weighted by Gasteiger charge is -2.12. The Morgan fingerprint density at radius 2 is 1.95 bits per heavy atom. The molecule has 0 saturated heterocycles. The van der Waals surface area contributed by atoms with Gasteiger partial charge in [-0.05, 0) is 23.8 Å². The highest BCUT2D eigenvalue weighted by molar-refractivity contribution is 7.98. The zero-order valence-corrected chi connectivity index (χ0v) is 12.1. The summed E-state index contributed by atoms with van der Waals surface area (Å²) in [6, 6.07) is 14.0. The molecule has 0 spiro atoms. The molecule has 2 rings (SSSR count). The molecule has 0 aromatic heterocycles. The second-order valence-corrected chi connectivity index (χ2v) is 5.43. The van der Waals surface area contributed by atoms with E-state index < -0.39 is 6.10 Å². The van der Waals surface area contributed by atoms with E-state index in [0.717, 1.165) is 11.1 Å². The molecule has 0 aliphatic heterocycles. The molecule has 4 heteroatoms. The van der Waals surface area contributed by atoms with Crippen LogP contribution >= 0.6 is 11.8 Å². The SMILES string of the molecule is COc1ccc(F)cc1CSCC(O)c1ccccc1. The first-order valence-corrected chi connectivity index (χ1v) is 7.49. The quantitative estimate of drug-likeness (QED) is 0.878. The Kier molecular flexibility index (Phi) is 5.44. The summed E-state index contributed by atoms with van der Waals surface area (Å²) in [6.07, 6.45) is -0.513. The molecule has 0 bridgehead atoms. The van der Waals surface area contributed by atoms with E-state index in [1.165, 1.54) is 12.1 Å². The lowest BCUT2D eigenvalue weighted by molar-refractivity contribution is 0.204. The Hall–Kier alpha value is -1.52. The van der Waals surface area contributed by atoms with Crippen LogP contribution in [0.3, 0.4) is 0 Å². The fraction of sp³-hybridized carbons (Fsp3) is 0.250. The first-order chi connectivity index (χ1) is 9.70. The van der Waals surface area contributed by atoms with E-state index in [4.69, 9.17) is 4.74 Å². The highest BCUT2D eigenvalue weighted by atomic mass is 32.2. The van der Waals surface area contributed by atoms with Gasteiger partial charge in [-0.25, -0.2) is 4.39 Å². The van der Waals surface area contributed by atoms with Crippen molar-refractivity contribution in [1.29, 1.82) is 0 Å². The number of aliphatic hydroxyl groups is 1. The Morgan fingerprint density at radius 1 is 1.20 bits per heavy atom. The molecule has 2 aromatic carbocycles. The summed E-state index contributed by atoms with van der Waals surface area (Å²) in [4.78, 5) is 0.